The molecule has 1 unspecified atom stereocenters. The molecular formula is C21H26N4O4. The van der Waals surface area contributed by atoms with Gasteiger partial charge in [0.1, 0.15) is 5.75 Å². The molecule has 1 saturated heterocycles. The van der Waals surface area contributed by atoms with E-state index >= 15 is 0 Å². The molecule has 154 valence electrons. The number of urea groups is 1. The summed E-state index contributed by atoms with van der Waals surface area (Å²) in [4.78, 5) is 25.3. The van der Waals surface area contributed by atoms with Crippen LogP contribution in [0.1, 0.15) is 30.0 Å². The lowest BCUT2D eigenvalue weighted by Crippen LogP contribution is -2.38. The monoisotopic (exact) mass is 398 g/mol. The third kappa shape index (κ3) is 5.03. The Hall–Kier alpha value is -3.13. The van der Waals surface area contributed by atoms with Crippen molar-refractivity contribution in [3.63, 3.8) is 0 Å². The molecule has 1 aliphatic rings. The second-order valence-corrected chi connectivity index (χ2v) is 7.09. The summed E-state index contributed by atoms with van der Waals surface area (Å²) < 4.78 is 5.52. The summed E-state index contributed by atoms with van der Waals surface area (Å²) in [5, 5.41) is 16.6. The number of nitro benzene ring substituents is 1. The number of nitrogens with zero attached hydrogens (tertiary/aromatic N) is 2. The molecule has 2 aromatic carbocycles. The number of carbonyl (C=O) groups is 1. The van der Waals surface area contributed by atoms with E-state index in [4.69, 9.17) is 4.74 Å². The number of nitrogens with one attached hydrogen (secondary N) is 2. The number of rotatable bonds is 7. The quantitative estimate of drug-likeness (QED) is 0.545. The number of hydrogen-bond donors (Lipinski definition) is 2. The first kappa shape index (κ1) is 20.6. The van der Waals surface area contributed by atoms with Crippen molar-refractivity contribution in [3.05, 3.63) is 63.7 Å². The van der Waals surface area contributed by atoms with Crippen LogP contribution in [0.15, 0.2) is 42.5 Å². The lowest BCUT2D eigenvalue weighted by Gasteiger charge is -2.29. The van der Waals surface area contributed by atoms with E-state index in [0.29, 0.717) is 17.8 Å². The first-order valence-corrected chi connectivity index (χ1v) is 9.66. The van der Waals surface area contributed by atoms with E-state index in [2.05, 4.69) is 15.5 Å². The van der Waals surface area contributed by atoms with E-state index in [1.807, 2.05) is 24.3 Å². The third-order valence-corrected chi connectivity index (χ3v) is 5.19. The summed E-state index contributed by atoms with van der Waals surface area (Å²) in [5.41, 5.74) is 2.09. The van der Waals surface area contributed by atoms with E-state index in [9.17, 15) is 14.9 Å². The van der Waals surface area contributed by atoms with Crippen molar-refractivity contribution in [3.8, 4) is 5.75 Å². The number of para-hydroxylation sites is 1. The maximum Gasteiger partial charge on any atom is 0.319 e. The Bertz CT molecular complexity index is 881. The van der Waals surface area contributed by atoms with Crippen LogP contribution >= 0.6 is 0 Å². The van der Waals surface area contributed by atoms with Gasteiger partial charge in [0.15, 0.2) is 0 Å². The third-order valence-electron chi connectivity index (χ3n) is 5.19. The molecule has 8 heteroatoms. The van der Waals surface area contributed by atoms with Crippen molar-refractivity contribution >= 4 is 17.4 Å². The molecule has 2 amide bonds. The average molecular weight is 398 g/mol. The summed E-state index contributed by atoms with van der Waals surface area (Å²) in [7, 11) is 1.65. The molecule has 0 aromatic heterocycles. The summed E-state index contributed by atoms with van der Waals surface area (Å²) >= 11 is 0. The highest BCUT2D eigenvalue weighted by molar-refractivity contribution is 5.89. The Morgan fingerprint density at radius 2 is 1.97 bits per heavy atom. The van der Waals surface area contributed by atoms with Gasteiger partial charge in [0.2, 0.25) is 0 Å². The number of hydrogen-bond acceptors (Lipinski definition) is 5. The van der Waals surface area contributed by atoms with Gasteiger partial charge >= 0.3 is 6.03 Å². The molecule has 1 atom stereocenters. The maximum atomic E-state index is 12.4. The Kier molecular flexibility index (Phi) is 6.66. The van der Waals surface area contributed by atoms with E-state index in [1.165, 1.54) is 12.1 Å². The maximum absolute atomic E-state index is 12.4. The van der Waals surface area contributed by atoms with Gasteiger partial charge in [0, 0.05) is 29.4 Å². The van der Waals surface area contributed by atoms with Gasteiger partial charge in [-0.05, 0) is 51.1 Å². The number of methoxy groups -OCH3 is 1. The highest BCUT2D eigenvalue weighted by atomic mass is 16.6. The predicted octanol–water partition coefficient (Wildman–Crippen LogP) is 3.87. The van der Waals surface area contributed by atoms with Gasteiger partial charge in [-0.15, -0.1) is 0 Å². The first-order valence-electron chi connectivity index (χ1n) is 9.66. The van der Waals surface area contributed by atoms with Gasteiger partial charge in [0.05, 0.1) is 18.1 Å². The van der Waals surface area contributed by atoms with Crippen molar-refractivity contribution in [1.29, 1.82) is 0 Å². The predicted molar refractivity (Wildman–Crippen MR) is 111 cm³/mol. The van der Waals surface area contributed by atoms with Crippen LogP contribution in [0.5, 0.6) is 5.75 Å². The normalized spacial score (nSPS) is 15.0. The molecule has 2 N–H and O–H groups in total. The average Bonchev–Trinajstić information content (AvgIpc) is 3.23. The van der Waals surface area contributed by atoms with E-state index in [-0.39, 0.29) is 17.8 Å². The van der Waals surface area contributed by atoms with E-state index < -0.39 is 4.92 Å². The molecule has 1 heterocycles. The van der Waals surface area contributed by atoms with Crippen LogP contribution < -0.4 is 15.4 Å². The Balaban J connectivity index is 1.68. The second kappa shape index (κ2) is 9.38. The molecule has 0 spiro atoms. The van der Waals surface area contributed by atoms with Crippen molar-refractivity contribution < 1.29 is 14.5 Å². The van der Waals surface area contributed by atoms with Crippen LogP contribution in [0.2, 0.25) is 0 Å². The summed E-state index contributed by atoms with van der Waals surface area (Å²) in [5.74, 6) is 0.803. The molecule has 2 aromatic rings. The van der Waals surface area contributed by atoms with Gasteiger partial charge in [0.25, 0.3) is 5.69 Å². The Labute approximate surface area is 170 Å². The number of ether oxygens (including phenoxy) is 1. The molecule has 8 nitrogen and oxygen atoms in total. The van der Waals surface area contributed by atoms with Crippen LogP contribution in [0.25, 0.3) is 0 Å². The summed E-state index contributed by atoms with van der Waals surface area (Å²) in [6, 6.07) is 12.0. The minimum absolute atomic E-state index is 0.0120. The lowest BCUT2D eigenvalue weighted by molar-refractivity contribution is -0.385. The zero-order valence-corrected chi connectivity index (χ0v) is 16.7. The molecule has 0 bridgehead atoms. The number of carbonyl (C=O) groups excluding carboxylic acids is 1. The van der Waals surface area contributed by atoms with Crippen LogP contribution in [-0.2, 0) is 0 Å². The van der Waals surface area contributed by atoms with Crippen LogP contribution in [-0.4, -0.2) is 42.6 Å². The van der Waals surface area contributed by atoms with Crippen molar-refractivity contribution in [2.75, 3.05) is 32.1 Å². The van der Waals surface area contributed by atoms with Gasteiger partial charge in [-0.25, -0.2) is 4.79 Å². The zero-order chi connectivity index (χ0) is 20.8. The largest absolute Gasteiger partial charge is 0.496 e. The lowest BCUT2D eigenvalue weighted by atomic mass is 10.0. The molecule has 3 rings (SSSR count). The Morgan fingerprint density at radius 3 is 2.62 bits per heavy atom. The first-order chi connectivity index (χ1) is 14.0. The minimum Gasteiger partial charge on any atom is -0.496 e. The number of nitro groups is 1. The topological polar surface area (TPSA) is 96.7 Å². The van der Waals surface area contributed by atoms with E-state index in [1.54, 1.807) is 20.1 Å². The number of aryl methyl sites for hydroxylation is 1. The molecule has 0 radical (unpaired) electrons. The molecule has 1 fully saturated rings. The summed E-state index contributed by atoms with van der Waals surface area (Å²) in [6.07, 6.45) is 2.28. The van der Waals surface area contributed by atoms with Gasteiger partial charge in [-0.3, -0.25) is 15.0 Å². The fraction of sp³-hybridized carbons (Fsp3) is 0.381. The second-order valence-electron chi connectivity index (χ2n) is 7.09. The number of amides is 2. The molecule has 0 aliphatic carbocycles. The molecule has 0 saturated carbocycles. The Morgan fingerprint density at radius 1 is 1.24 bits per heavy atom. The SMILES string of the molecule is COc1ccccc1C(CNC(=O)Nc1ccc([N+](=O)[O-])c(C)c1)N1CCCC1. The molecule has 1 aliphatic heterocycles. The van der Waals surface area contributed by atoms with Crippen molar-refractivity contribution in [1.82, 2.24) is 10.2 Å². The number of anilines is 1. The summed E-state index contributed by atoms with van der Waals surface area (Å²) in [6.45, 7) is 4.03. The standard InChI is InChI=1S/C21H26N4O4/c1-15-13-16(9-10-18(15)25(27)28)23-21(26)22-14-19(24-11-5-6-12-24)17-7-3-4-8-20(17)29-2/h3-4,7-10,13,19H,5-6,11-12,14H2,1-2H3,(H2,22,23,26). The number of benzene rings is 2. The van der Waals surface area contributed by atoms with Crippen molar-refractivity contribution in [2.24, 2.45) is 0 Å². The van der Waals surface area contributed by atoms with E-state index in [0.717, 1.165) is 37.2 Å². The highest BCUT2D eigenvalue weighted by Gasteiger charge is 2.26. The molecular weight excluding hydrogens is 372 g/mol. The fourth-order valence-electron chi connectivity index (χ4n) is 3.73. The van der Waals surface area contributed by atoms with Crippen molar-refractivity contribution in [2.45, 2.75) is 25.8 Å². The minimum atomic E-state index is -0.437. The van der Waals surface area contributed by atoms with Gasteiger partial charge in [-0.1, -0.05) is 18.2 Å². The van der Waals surface area contributed by atoms with Crippen LogP contribution in [0, 0.1) is 17.0 Å². The molecule has 29 heavy (non-hydrogen) atoms. The zero-order valence-electron chi connectivity index (χ0n) is 16.7. The van der Waals surface area contributed by atoms with Gasteiger partial charge in [-0.2, -0.15) is 0 Å². The smallest absolute Gasteiger partial charge is 0.319 e. The highest BCUT2D eigenvalue weighted by Crippen LogP contribution is 2.31. The fourth-order valence-corrected chi connectivity index (χ4v) is 3.73. The number of likely N-dealkylation sites (tertiary alicyclic amines) is 1. The van der Waals surface area contributed by atoms with Gasteiger partial charge < -0.3 is 15.4 Å². The van der Waals surface area contributed by atoms with Crippen LogP contribution in [0.3, 0.4) is 0 Å². The van der Waals surface area contributed by atoms with Crippen LogP contribution in [0.4, 0.5) is 16.2 Å².